The summed E-state index contributed by atoms with van der Waals surface area (Å²) in [6.45, 7) is 1.30. The number of hydrogen-bond donors (Lipinski definition) is 1. The van der Waals surface area contributed by atoms with Crippen molar-refractivity contribution in [2.45, 2.75) is 38.4 Å². The molecule has 1 atom stereocenters. The Morgan fingerprint density at radius 2 is 1.86 bits per heavy atom. The molecule has 1 fully saturated rings. The number of para-hydroxylation sites is 1. The Morgan fingerprint density at radius 1 is 1.21 bits per heavy atom. The highest BCUT2D eigenvalue weighted by Gasteiger charge is 2.29. The molecule has 1 heterocycles. The van der Waals surface area contributed by atoms with Gasteiger partial charge in [-0.25, -0.2) is 0 Å². The number of hydrogen-bond acceptors (Lipinski definition) is 4. The van der Waals surface area contributed by atoms with E-state index in [1.165, 1.54) is 0 Å². The SMILES string of the molecule is CC(COCC(F)(F)F)NC(=O)C1CCN(C(=O)CCOc2ccccc2)CC1. The lowest BCUT2D eigenvalue weighted by Crippen LogP contribution is -2.46. The molecule has 0 saturated carbocycles. The molecular weight excluding hydrogens is 389 g/mol. The lowest BCUT2D eigenvalue weighted by atomic mass is 9.95. The maximum Gasteiger partial charge on any atom is 0.411 e. The number of alkyl halides is 3. The molecule has 1 aliphatic heterocycles. The first kappa shape index (κ1) is 23.0. The van der Waals surface area contributed by atoms with Crippen LogP contribution in [0.2, 0.25) is 0 Å². The highest BCUT2D eigenvalue weighted by atomic mass is 19.4. The highest BCUT2D eigenvalue weighted by molar-refractivity contribution is 5.80. The minimum atomic E-state index is -4.38. The molecule has 1 aromatic rings. The van der Waals surface area contributed by atoms with Gasteiger partial charge in [0.2, 0.25) is 11.8 Å². The van der Waals surface area contributed by atoms with Crippen molar-refractivity contribution in [3.05, 3.63) is 30.3 Å². The summed E-state index contributed by atoms with van der Waals surface area (Å²) < 4.78 is 46.3. The predicted molar refractivity (Wildman–Crippen MR) is 100 cm³/mol. The van der Waals surface area contributed by atoms with Crippen LogP contribution in [0.3, 0.4) is 0 Å². The van der Waals surface area contributed by atoms with Gasteiger partial charge in [-0.3, -0.25) is 9.59 Å². The highest BCUT2D eigenvalue weighted by Crippen LogP contribution is 2.19. The smallest absolute Gasteiger partial charge is 0.411 e. The number of piperidine rings is 1. The van der Waals surface area contributed by atoms with Crippen molar-refractivity contribution >= 4 is 11.8 Å². The quantitative estimate of drug-likeness (QED) is 0.672. The van der Waals surface area contributed by atoms with Crippen molar-refractivity contribution in [3.63, 3.8) is 0 Å². The summed E-state index contributed by atoms with van der Waals surface area (Å²) >= 11 is 0. The summed E-state index contributed by atoms with van der Waals surface area (Å²) in [7, 11) is 0. The molecule has 0 radical (unpaired) electrons. The molecule has 2 amide bonds. The van der Waals surface area contributed by atoms with Gasteiger partial charge in [-0.15, -0.1) is 0 Å². The van der Waals surface area contributed by atoms with Gasteiger partial charge in [0.25, 0.3) is 0 Å². The van der Waals surface area contributed by atoms with Gasteiger partial charge in [0, 0.05) is 25.0 Å². The number of carbonyl (C=O) groups is 2. The van der Waals surface area contributed by atoms with Crippen LogP contribution in [0.5, 0.6) is 5.75 Å². The van der Waals surface area contributed by atoms with E-state index in [1.54, 1.807) is 11.8 Å². The topological polar surface area (TPSA) is 67.9 Å². The van der Waals surface area contributed by atoms with Crippen LogP contribution in [0.25, 0.3) is 0 Å². The molecule has 0 bridgehead atoms. The predicted octanol–water partition coefficient (Wildman–Crippen LogP) is 2.78. The first-order chi connectivity index (χ1) is 13.7. The van der Waals surface area contributed by atoms with Gasteiger partial charge in [0.05, 0.1) is 19.6 Å². The minimum absolute atomic E-state index is 0.0197. The molecule has 0 spiro atoms. The summed E-state index contributed by atoms with van der Waals surface area (Å²) in [6.07, 6.45) is -3.07. The molecule has 0 aromatic heterocycles. The van der Waals surface area contributed by atoms with Crippen molar-refractivity contribution in [1.82, 2.24) is 10.2 Å². The van der Waals surface area contributed by atoms with E-state index in [0.717, 1.165) is 0 Å². The van der Waals surface area contributed by atoms with Crippen LogP contribution in [-0.2, 0) is 14.3 Å². The zero-order valence-electron chi connectivity index (χ0n) is 16.4. The Hall–Kier alpha value is -2.29. The zero-order chi connectivity index (χ0) is 21.3. The van der Waals surface area contributed by atoms with Crippen molar-refractivity contribution in [2.24, 2.45) is 5.92 Å². The van der Waals surface area contributed by atoms with Gasteiger partial charge in [0.15, 0.2) is 0 Å². The van der Waals surface area contributed by atoms with Gasteiger partial charge >= 0.3 is 6.18 Å². The largest absolute Gasteiger partial charge is 0.493 e. The van der Waals surface area contributed by atoms with Gasteiger partial charge in [-0.05, 0) is 31.9 Å². The molecule has 6 nitrogen and oxygen atoms in total. The third kappa shape index (κ3) is 8.72. The molecule has 1 aliphatic rings. The van der Waals surface area contributed by atoms with Crippen LogP contribution in [0.15, 0.2) is 30.3 Å². The number of likely N-dealkylation sites (tertiary alicyclic amines) is 1. The normalized spacial score (nSPS) is 16.3. The number of ether oxygens (including phenoxy) is 2. The van der Waals surface area contributed by atoms with E-state index in [0.29, 0.717) is 38.3 Å². The summed E-state index contributed by atoms with van der Waals surface area (Å²) in [5.41, 5.74) is 0. The van der Waals surface area contributed by atoms with E-state index in [9.17, 15) is 22.8 Å². The van der Waals surface area contributed by atoms with Crippen LogP contribution in [0.4, 0.5) is 13.2 Å². The fraction of sp³-hybridized carbons (Fsp3) is 0.600. The van der Waals surface area contributed by atoms with Crippen LogP contribution in [-0.4, -0.2) is 61.8 Å². The number of amides is 2. The lowest BCUT2D eigenvalue weighted by Gasteiger charge is -2.32. The second-order valence-corrected chi connectivity index (χ2v) is 7.11. The fourth-order valence-corrected chi connectivity index (χ4v) is 3.08. The Bertz CT molecular complexity index is 647. The van der Waals surface area contributed by atoms with Crippen LogP contribution >= 0.6 is 0 Å². The second-order valence-electron chi connectivity index (χ2n) is 7.11. The summed E-state index contributed by atoms with van der Waals surface area (Å²) in [5.74, 6) is 0.218. The Balaban J connectivity index is 1.63. The van der Waals surface area contributed by atoms with Gasteiger partial charge in [0.1, 0.15) is 12.4 Å². The standard InChI is InChI=1S/C20H27F3N2O4/c1-15(13-28-14-20(21,22)23)24-19(27)16-7-10-25(11-8-16)18(26)9-12-29-17-5-3-2-4-6-17/h2-6,15-16H,7-14H2,1H3,(H,24,27). The van der Waals surface area contributed by atoms with E-state index in [4.69, 9.17) is 4.74 Å². The molecule has 162 valence electrons. The number of nitrogens with zero attached hydrogens (tertiary/aromatic N) is 1. The maximum absolute atomic E-state index is 12.3. The number of carbonyl (C=O) groups excluding carboxylic acids is 2. The molecule has 9 heteroatoms. The lowest BCUT2D eigenvalue weighted by molar-refractivity contribution is -0.175. The number of benzene rings is 1. The van der Waals surface area contributed by atoms with E-state index in [-0.39, 0.29) is 30.8 Å². The number of rotatable bonds is 9. The van der Waals surface area contributed by atoms with Crippen molar-refractivity contribution in [1.29, 1.82) is 0 Å². The van der Waals surface area contributed by atoms with Crippen LogP contribution in [0, 0.1) is 5.92 Å². The summed E-state index contributed by atoms with van der Waals surface area (Å²) in [5, 5.41) is 2.68. The molecule has 1 N–H and O–H groups in total. The van der Waals surface area contributed by atoms with Crippen LogP contribution in [0.1, 0.15) is 26.2 Å². The van der Waals surface area contributed by atoms with E-state index >= 15 is 0 Å². The third-order valence-corrected chi connectivity index (χ3v) is 4.57. The molecule has 1 unspecified atom stereocenters. The fourth-order valence-electron chi connectivity index (χ4n) is 3.08. The molecular formula is C20H27F3N2O4. The molecule has 1 aromatic carbocycles. The van der Waals surface area contributed by atoms with Gasteiger partial charge in [-0.1, -0.05) is 18.2 Å². The van der Waals surface area contributed by atoms with E-state index < -0.39 is 18.8 Å². The van der Waals surface area contributed by atoms with Crippen molar-refractivity contribution in [3.8, 4) is 5.75 Å². The third-order valence-electron chi connectivity index (χ3n) is 4.57. The van der Waals surface area contributed by atoms with Crippen molar-refractivity contribution in [2.75, 3.05) is 32.9 Å². The van der Waals surface area contributed by atoms with E-state index in [1.807, 2.05) is 30.3 Å². The monoisotopic (exact) mass is 416 g/mol. The van der Waals surface area contributed by atoms with E-state index in [2.05, 4.69) is 10.1 Å². The minimum Gasteiger partial charge on any atom is -0.493 e. The van der Waals surface area contributed by atoms with Crippen molar-refractivity contribution < 1.29 is 32.2 Å². The average Bonchev–Trinajstić information content (AvgIpc) is 2.67. The molecule has 1 saturated heterocycles. The molecule has 2 rings (SSSR count). The van der Waals surface area contributed by atoms with Crippen LogP contribution < -0.4 is 10.1 Å². The number of halogens is 3. The van der Waals surface area contributed by atoms with Gasteiger partial charge < -0.3 is 19.7 Å². The Morgan fingerprint density at radius 3 is 2.48 bits per heavy atom. The Kier molecular flexibility index (Phi) is 8.75. The second kappa shape index (κ2) is 11.0. The maximum atomic E-state index is 12.3. The Labute approximate surface area is 168 Å². The molecule has 0 aliphatic carbocycles. The molecule has 29 heavy (non-hydrogen) atoms. The zero-order valence-corrected chi connectivity index (χ0v) is 16.4. The first-order valence-corrected chi connectivity index (χ1v) is 9.65. The first-order valence-electron chi connectivity index (χ1n) is 9.65. The summed E-state index contributed by atoms with van der Waals surface area (Å²) in [6, 6.07) is 8.73. The number of nitrogens with one attached hydrogen (secondary N) is 1. The summed E-state index contributed by atoms with van der Waals surface area (Å²) in [4.78, 5) is 26.3. The average molecular weight is 416 g/mol. The van der Waals surface area contributed by atoms with Gasteiger partial charge in [-0.2, -0.15) is 13.2 Å².